The van der Waals surface area contributed by atoms with Gasteiger partial charge in [-0.3, -0.25) is 4.79 Å². The molecule has 1 aliphatic rings. The standard InChI is InChI=1S/C18H21N3O/c1-21-11-10-19-17(21)15-8-5-9-16(12-15)18(22)20-13-14-6-3-2-4-7-14/h5-6,8-12H,2-4,7,13H2,1H3,(H,20,22). The summed E-state index contributed by atoms with van der Waals surface area (Å²) < 4.78 is 1.95. The smallest absolute Gasteiger partial charge is 0.251 e. The van der Waals surface area contributed by atoms with E-state index in [1.807, 2.05) is 42.1 Å². The van der Waals surface area contributed by atoms with Crippen molar-refractivity contribution in [2.24, 2.45) is 7.05 Å². The predicted octanol–water partition coefficient (Wildman–Crippen LogP) is 3.32. The van der Waals surface area contributed by atoms with E-state index in [2.05, 4.69) is 16.4 Å². The Morgan fingerprint density at radius 1 is 1.36 bits per heavy atom. The van der Waals surface area contributed by atoms with Crippen LogP contribution in [0, 0.1) is 0 Å². The second kappa shape index (κ2) is 6.60. The maximum absolute atomic E-state index is 12.3. The van der Waals surface area contributed by atoms with Crippen LogP contribution in [-0.2, 0) is 7.05 Å². The van der Waals surface area contributed by atoms with Crippen LogP contribution in [0.2, 0.25) is 0 Å². The number of nitrogens with one attached hydrogen (secondary N) is 1. The molecule has 0 saturated carbocycles. The summed E-state index contributed by atoms with van der Waals surface area (Å²) in [5, 5.41) is 3.02. The largest absolute Gasteiger partial charge is 0.348 e. The average Bonchev–Trinajstić information content (AvgIpc) is 3.00. The van der Waals surface area contributed by atoms with Crippen molar-refractivity contribution >= 4 is 5.91 Å². The van der Waals surface area contributed by atoms with Crippen LogP contribution < -0.4 is 5.32 Å². The number of allylic oxidation sites excluding steroid dienone is 1. The summed E-state index contributed by atoms with van der Waals surface area (Å²) in [5.41, 5.74) is 2.98. The van der Waals surface area contributed by atoms with E-state index in [4.69, 9.17) is 0 Å². The SMILES string of the molecule is Cn1ccnc1-c1cccc(C(=O)NCC2=CCCCC2)c1. The average molecular weight is 295 g/mol. The fraction of sp³-hybridized carbons (Fsp3) is 0.333. The van der Waals surface area contributed by atoms with Crippen LogP contribution in [-0.4, -0.2) is 22.0 Å². The second-order valence-electron chi connectivity index (χ2n) is 5.73. The Labute approximate surface area is 130 Å². The fourth-order valence-electron chi connectivity index (χ4n) is 2.80. The summed E-state index contributed by atoms with van der Waals surface area (Å²) in [6.07, 6.45) is 10.7. The number of aryl methyl sites for hydroxylation is 1. The molecule has 4 heteroatoms. The number of nitrogens with zero attached hydrogens (tertiary/aromatic N) is 2. The number of amides is 1. The van der Waals surface area contributed by atoms with Crippen LogP contribution in [0.25, 0.3) is 11.4 Å². The highest BCUT2D eigenvalue weighted by Crippen LogP contribution is 2.19. The van der Waals surface area contributed by atoms with Gasteiger partial charge >= 0.3 is 0 Å². The normalized spacial score (nSPS) is 14.5. The molecule has 0 bridgehead atoms. The zero-order valence-corrected chi connectivity index (χ0v) is 12.9. The van der Waals surface area contributed by atoms with E-state index >= 15 is 0 Å². The molecular weight excluding hydrogens is 274 g/mol. The molecule has 3 rings (SSSR count). The van der Waals surface area contributed by atoms with Crippen molar-refractivity contribution in [1.29, 1.82) is 0 Å². The Morgan fingerprint density at radius 3 is 3.00 bits per heavy atom. The minimum absolute atomic E-state index is 0.0254. The van der Waals surface area contributed by atoms with Gasteiger partial charge < -0.3 is 9.88 Å². The van der Waals surface area contributed by atoms with Gasteiger partial charge in [-0.15, -0.1) is 0 Å². The van der Waals surface area contributed by atoms with E-state index in [0.29, 0.717) is 12.1 Å². The second-order valence-corrected chi connectivity index (χ2v) is 5.73. The third-order valence-electron chi connectivity index (χ3n) is 4.07. The van der Waals surface area contributed by atoms with Crippen molar-refractivity contribution in [1.82, 2.24) is 14.9 Å². The Hall–Kier alpha value is -2.36. The molecule has 0 spiro atoms. The molecule has 2 aromatic rings. The predicted molar refractivity (Wildman–Crippen MR) is 87.5 cm³/mol. The van der Waals surface area contributed by atoms with Gasteiger partial charge in [0.1, 0.15) is 5.82 Å². The van der Waals surface area contributed by atoms with Gasteiger partial charge in [0, 0.05) is 37.1 Å². The highest BCUT2D eigenvalue weighted by Gasteiger charge is 2.10. The minimum atomic E-state index is -0.0254. The lowest BCUT2D eigenvalue weighted by Crippen LogP contribution is -2.26. The van der Waals surface area contributed by atoms with Crippen LogP contribution in [0.1, 0.15) is 36.0 Å². The molecule has 0 saturated heterocycles. The Kier molecular flexibility index (Phi) is 4.37. The third-order valence-corrected chi connectivity index (χ3v) is 4.07. The third kappa shape index (κ3) is 3.27. The van der Waals surface area contributed by atoms with E-state index < -0.39 is 0 Å². The summed E-state index contributed by atoms with van der Waals surface area (Å²) in [4.78, 5) is 16.7. The highest BCUT2D eigenvalue weighted by molar-refractivity contribution is 5.95. The van der Waals surface area contributed by atoms with Crippen LogP contribution >= 0.6 is 0 Å². The van der Waals surface area contributed by atoms with E-state index in [1.54, 1.807) is 6.20 Å². The molecule has 1 heterocycles. The molecular formula is C18H21N3O. The Balaban J connectivity index is 1.70. The molecule has 1 aliphatic carbocycles. The van der Waals surface area contributed by atoms with Gasteiger partial charge in [0.2, 0.25) is 0 Å². The highest BCUT2D eigenvalue weighted by atomic mass is 16.1. The van der Waals surface area contributed by atoms with Gasteiger partial charge in [0.15, 0.2) is 0 Å². The van der Waals surface area contributed by atoms with Crippen molar-refractivity contribution in [3.63, 3.8) is 0 Å². The van der Waals surface area contributed by atoms with Gasteiger partial charge in [-0.2, -0.15) is 0 Å². The monoisotopic (exact) mass is 295 g/mol. The van der Waals surface area contributed by atoms with E-state index in [-0.39, 0.29) is 5.91 Å². The Morgan fingerprint density at radius 2 is 2.27 bits per heavy atom. The lowest BCUT2D eigenvalue weighted by atomic mass is 9.99. The molecule has 0 unspecified atom stereocenters. The first-order valence-corrected chi connectivity index (χ1v) is 7.78. The molecule has 1 aromatic carbocycles. The molecule has 4 nitrogen and oxygen atoms in total. The maximum atomic E-state index is 12.3. The summed E-state index contributed by atoms with van der Waals surface area (Å²) in [6, 6.07) is 7.62. The first-order chi connectivity index (χ1) is 10.7. The zero-order valence-electron chi connectivity index (χ0n) is 12.9. The molecule has 1 N–H and O–H groups in total. The number of rotatable bonds is 4. The first kappa shape index (κ1) is 14.6. The zero-order chi connectivity index (χ0) is 15.4. The number of carbonyl (C=O) groups excluding carboxylic acids is 1. The topological polar surface area (TPSA) is 46.9 Å². The molecule has 114 valence electrons. The number of imidazole rings is 1. The van der Waals surface area contributed by atoms with E-state index in [9.17, 15) is 4.79 Å². The van der Waals surface area contributed by atoms with Crippen molar-refractivity contribution in [3.05, 3.63) is 53.9 Å². The summed E-state index contributed by atoms with van der Waals surface area (Å²) >= 11 is 0. The van der Waals surface area contributed by atoms with Crippen LogP contribution in [0.4, 0.5) is 0 Å². The number of hydrogen-bond acceptors (Lipinski definition) is 2. The van der Waals surface area contributed by atoms with Gasteiger partial charge in [-0.25, -0.2) is 4.98 Å². The minimum Gasteiger partial charge on any atom is -0.348 e. The molecule has 0 atom stereocenters. The number of carbonyl (C=O) groups is 1. The van der Waals surface area contributed by atoms with Crippen molar-refractivity contribution in [2.75, 3.05) is 6.54 Å². The van der Waals surface area contributed by atoms with Gasteiger partial charge in [0.25, 0.3) is 5.91 Å². The van der Waals surface area contributed by atoms with Gasteiger partial charge in [-0.05, 0) is 37.8 Å². The van der Waals surface area contributed by atoms with Gasteiger partial charge in [-0.1, -0.05) is 23.8 Å². The van der Waals surface area contributed by atoms with Crippen LogP contribution in [0.3, 0.4) is 0 Å². The van der Waals surface area contributed by atoms with Gasteiger partial charge in [0.05, 0.1) is 0 Å². The van der Waals surface area contributed by atoms with Crippen molar-refractivity contribution in [3.8, 4) is 11.4 Å². The molecule has 1 aromatic heterocycles. The van der Waals surface area contributed by atoms with E-state index in [0.717, 1.165) is 24.2 Å². The lowest BCUT2D eigenvalue weighted by molar-refractivity contribution is 0.0956. The Bertz CT molecular complexity index is 700. The fourth-order valence-corrected chi connectivity index (χ4v) is 2.80. The molecule has 0 radical (unpaired) electrons. The van der Waals surface area contributed by atoms with E-state index in [1.165, 1.54) is 18.4 Å². The first-order valence-electron chi connectivity index (χ1n) is 7.78. The molecule has 1 amide bonds. The summed E-state index contributed by atoms with van der Waals surface area (Å²) in [7, 11) is 1.95. The number of aromatic nitrogens is 2. The number of benzene rings is 1. The summed E-state index contributed by atoms with van der Waals surface area (Å²) in [6.45, 7) is 0.658. The number of hydrogen-bond donors (Lipinski definition) is 1. The van der Waals surface area contributed by atoms with Crippen LogP contribution in [0.15, 0.2) is 48.3 Å². The van der Waals surface area contributed by atoms with Crippen molar-refractivity contribution in [2.45, 2.75) is 25.7 Å². The molecule has 0 fully saturated rings. The van der Waals surface area contributed by atoms with Crippen LogP contribution in [0.5, 0.6) is 0 Å². The summed E-state index contributed by atoms with van der Waals surface area (Å²) in [5.74, 6) is 0.840. The quantitative estimate of drug-likeness (QED) is 0.880. The molecule has 22 heavy (non-hydrogen) atoms. The molecule has 0 aliphatic heterocycles. The lowest BCUT2D eigenvalue weighted by Gasteiger charge is -2.13. The maximum Gasteiger partial charge on any atom is 0.251 e. The van der Waals surface area contributed by atoms with Crippen molar-refractivity contribution < 1.29 is 4.79 Å².